The van der Waals surface area contributed by atoms with E-state index in [0.29, 0.717) is 49.6 Å². The largest absolute Gasteiger partial charge is 0.497 e. The van der Waals surface area contributed by atoms with Crippen molar-refractivity contribution in [3.8, 4) is 11.5 Å². The van der Waals surface area contributed by atoms with E-state index in [2.05, 4.69) is 4.72 Å². The van der Waals surface area contributed by atoms with Crippen LogP contribution in [0, 0.1) is 5.92 Å². The van der Waals surface area contributed by atoms with Gasteiger partial charge in [-0.25, -0.2) is 13.1 Å². The lowest BCUT2D eigenvalue weighted by Crippen LogP contribution is -2.41. The molecular weight excluding hydrogens is 432 g/mol. The third-order valence-electron chi connectivity index (χ3n) is 5.76. The first-order chi connectivity index (χ1) is 15.4. The number of ether oxygens (including phenoxy) is 2. The number of fused-ring (bicyclic) bond motifs is 1. The quantitative estimate of drug-likeness (QED) is 0.584. The van der Waals surface area contributed by atoms with Gasteiger partial charge in [0.25, 0.3) is 5.91 Å². The van der Waals surface area contributed by atoms with Gasteiger partial charge in [-0.1, -0.05) is 18.2 Å². The number of nitrogens with zero attached hydrogens (tertiary/aromatic N) is 1. The van der Waals surface area contributed by atoms with Gasteiger partial charge in [0.05, 0.1) is 14.2 Å². The lowest BCUT2D eigenvalue weighted by Gasteiger charge is -2.31. The molecule has 1 fully saturated rings. The van der Waals surface area contributed by atoms with Crippen molar-refractivity contribution in [3.05, 3.63) is 54.3 Å². The summed E-state index contributed by atoms with van der Waals surface area (Å²) in [5, 5.41) is 0.897. The number of carbonyl (C=O) groups is 1. The van der Waals surface area contributed by atoms with Gasteiger partial charge in [-0.2, -0.15) is 0 Å². The Morgan fingerprint density at radius 1 is 1.09 bits per heavy atom. The predicted octanol–water partition coefficient (Wildman–Crippen LogP) is 3.28. The summed E-state index contributed by atoms with van der Waals surface area (Å²) in [5.74, 6) is 1.07. The monoisotopic (exact) mass is 458 g/mol. The van der Waals surface area contributed by atoms with Crippen molar-refractivity contribution in [3.63, 3.8) is 0 Å². The highest BCUT2D eigenvalue weighted by molar-refractivity contribution is 7.89. The van der Waals surface area contributed by atoms with Crippen molar-refractivity contribution in [1.29, 1.82) is 0 Å². The fourth-order valence-electron chi connectivity index (χ4n) is 3.89. The first-order valence-corrected chi connectivity index (χ1v) is 11.9. The maximum atomic E-state index is 12.8. The van der Waals surface area contributed by atoms with Gasteiger partial charge >= 0.3 is 0 Å². The Balaban J connectivity index is 1.34. The van der Waals surface area contributed by atoms with Crippen LogP contribution in [0.1, 0.15) is 23.4 Å². The zero-order valence-electron chi connectivity index (χ0n) is 18.0. The maximum absolute atomic E-state index is 12.8. The molecule has 4 rings (SSSR count). The van der Waals surface area contributed by atoms with Crippen LogP contribution in [0.5, 0.6) is 11.5 Å². The van der Waals surface area contributed by atoms with Gasteiger partial charge in [0.2, 0.25) is 10.0 Å². The van der Waals surface area contributed by atoms with Gasteiger partial charge in [-0.15, -0.1) is 0 Å². The minimum absolute atomic E-state index is 0.0679. The number of sulfonamides is 1. The van der Waals surface area contributed by atoms with E-state index in [1.807, 2.05) is 24.3 Å². The summed E-state index contributed by atoms with van der Waals surface area (Å²) < 4.78 is 44.3. The highest BCUT2D eigenvalue weighted by atomic mass is 32.2. The van der Waals surface area contributed by atoms with E-state index in [1.165, 1.54) is 26.4 Å². The number of methoxy groups -OCH3 is 2. The normalized spacial score (nSPS) is 15.1. The van der Waals surface area contributed by atoms with Crippen LogP contribution in [0.25, 0.3) is 11.0 Å². The number of carbonyl (C=O) groups excluding carboxylic acids is 1. The van der Waals surface area contributed by atoms with Crippen LogP contribution in [0.4, 0.5) is 0 Å². The average Bonchev–Trinajstić information content (AvgIpc) is 3.26. The Morgan fingerprint density at radius 2 is 1.84 bits per heavy atom. The summed E-state index contributed by atoms with van der Waals surface area (Å²) in [6.45, 7) is 1.40. The molecule has 0 radical (unpaired) electrons. The average molecular weight is 459 g/mol. The summed E-state index contributed by atoms with van der Waals surface area (Å²) in [4.78, 5) is 14.6. The van der Waals surface area contributed by atoms with Crippen LogP contribution in [0.2, 0.25) is 0 Å². The summed E-state index contributed by atoms with van der Waals surface area (Å²) in [5.41, 5.74) is 0.689. The van der Waals surface area contributed by atoms with Crippen LogP contribution in [0.15, 0.2) is 57.8 Å². The Bertz CT molecular complexity index is 1180. The number of nitrogens with one attached hydrogen (secondary N) is 1. The van der Waals surface area contributed by atoms with Crippen LogP contribution in [-0.2, 0) is 10.0 Å². The minimum atomic E-state index is -3.74. The van der Waals surface area contributed by atoms with Crippen LogP contribution in [0.3, 0.4) is 0 Å². The fraction of sp³-hybridized carbons (Fsp3) is 0.348. The zero-order chi connectivity index (χ0) is 22.7. The molecule has 0 aliphatic carbocycles. The predicted molar refractivity (Wildman–Crippen MR) is 120 cm³/mol. The lowest BCUT2D eigenvalue weighted by atomic mass is 9.97. The van der Waals surface area contributed by atoms with Crippen molar-refractivity contribution >= 4 is 26.9 Å². The molecule has 1 aliphatic rings. The Hall–Kier alpha value is -3.04. The molecule has 1 N–H and O–H groups in total. The first kappa shape index (κ1) is 22.2. The number of hydrogen-bond acceptors (Lipinski definition) is 6. The number of amides is 1. The second-order valence-electron chi connectivity index (χ2n) is 7.75. The molecule has 0 spiro atoms. The number of furan rings is 1. The molecule has 1 saturated heterocycles. The lowest BCUT2D eigenvalue weighted by molar-refractivity contribution is 0.0662. The van der Waals surface area contributed by atoms with Gasteiger partial charge in [0.15, 0.2) is 5.76 Å². The van der Waals surface area contributed by atoms with Crippen LogP contribution >= 0.6 is 0 Å². The molecular formula is C23H26N2O6S. The molecule has 8 nitrogen and oxygen atoms in total. The standard InChI is InChI=1S/C23H26N2O6S/c1-29-18-7-8-22(20(14-18)30-2)32(27,28)24-15-16-9-11-25(12-10-16)23(26)21-13-17-5-3-4-6-19(17)31-21/h3-8,13-14,16,24H,9-12,15H2,1-2H3. The Morgan fingerprint density at radius 3 is 2.53 bits per heavy atom. The summed E-state index contributed by atoms with van der Waals surface area (Å²) >= 11 is 0. The van der Waals surface area contributed by atoms with Gasteiger partial charge in [0, 0.05) is 31.1 Å². The first-order valence-electron chi connectivity index (χ1n) is 10.4. The Labute approximate surface area is 187 Å². The highest BCUT2D eigenvalue weighted by Crippen LogP contribution is 2.29. The second-order valence-corrected chi connectivity index (χ2v) is 9.49. The maximum Gasteiger partial charge on any atom is 0.289 e. The molecule has 1 aromatic heterocycles. The third kappa shape index (κ3) is 4.58. The number of benzene rings is 2. The molecule has 0 bridgehead atoms. The molecule has 2 aromatic carbocycles. The van der Waals surface area contributed by atoms with Gasteiger partial charge < -0.3 is 18.8 Å². The van der Waals surface area contributed by atoms with Crippen molar-refractivity contribution < 1.29 is 27.1 Å². The fourth-order valence-corrected chi connectivity index (χ4v) is 5.15. The minimum Gasteiger partial charge on any atom is -0.497 e. The summed E-state index contributed by atoms with van der Waals surface area (Å²) in [6, 6.07) is 13.9. The van der Waals surface area contributed by atoms with Crippen molar-refractivity contribution in [2.45, 2.75) is 17.7 Å². The summed E-state index contributed by atoms with van der Waals surface area (Å²) in [6.07, 6.45) is 1.41. The third-order valence-corrected chi connectivity index (χ3v) is 7.22. The van der Waals surface area contributed by atoms with E-state index < -0.39 is 10.0 Å². The van der Waals surface area contributed by atoms with Crippen LogP contribution in [-0.4, -0.2) is 53.1 Å². The number of para-hydroxylation sites is 1. The zero-order valence-corrected chi connectivity index (χ0v) is 18.9. The molecule has 2 heterocycles. The number of likely N-dealkylation sites (tertiary alicyclic amines) is 1. The molecule has 1 aliphatic heterocycles. The van der Waals surface area contributed by atoms with Crippen molar-refractivity contribution in [2.75, 3.05) is 33.9 Å². The van der Waals surface area contributed by atoms with E-state index in [-0.39, 0.29) is 22.5 Å². The summed E-state index contributed by atoms with van der Waals surface area (Å²) in [7, 11) is -0.816. The highest BCUT2D eigenvalue weighted by Gasteiger charge is 2.27. The molecule has 32 heavy (non-hydrogen) atoms. The van der Waals surface area contributed by atoms with Gasteiger partial charge in [-0.05, 0) is 43.0 Å². The van der Waals surface area contributed by atoms with E-state index >= 15 is 0 Å². The van der Waals surface area contributed by atoms with Crippen molar-refractivity contribution in [2.24, 2.45) is 5.92 Å². The molecule has 170 valence electrons. The smallest absolute Gasteiger partial charge is 0.289 e. The second kappa shape index (κ2) is 9.22. The number of hydrogen-bond donors (Lipinski definition) is 1. The number of piperidine rings is 1. The van der Waals surface area contributed by atoms with E-state index in [4.69, 9.17) is 13.9 Å². The Kier molecular flexibility index (Phi) is 6.38. The molecule has 0 saturated carbocycles. The van der Waals surface area contributed by atoms with E-state index in [1.54, 1.807) is 17.0 Å². The van der Waals surface area contributed by atoms with Gasteiger partial charge in [0.1, 0.15) is 22.0 Å². The topological polar surface area (TPSA) is 98.1 Å². The molecule has 0 atom stereocenters. The van der Waals surface area contributed by atoms with E-state index in [0.717, 1.165) is 5.39 Å². The molecule has 1 amide bonds. The molecule has 3 aromatic rings. The number of rotatable bonds is 7. The molecule has 0 unspecified atom stereocenters. The van der Waals surface area contributed by atoms with Crippen LogP contribution < -0.4 is 14.2 Å². The van der Waals surface area contributed by atoms with E-state index in [9.17, 15) is 13.2 Å². The van der Waals surface area contributed by atoms with Crippen molar-refractivity contribution in [1.82, 2.24) is 9.62 Å². The van der Waals surface area contributed by atoms with Gasteiger partial charge in [-0.3, -0.25) is 4.79 Å². The molecule has 9 heteroatoms. The SMILES string of the molecule is COc1ccc(S(=O)(=O)NCC2CCN(C(=O)c3cc4ccccc4o3)CC2)c(OC)c1.